The Morgan fingerprint density at radius 2 is 2.06 bits per heavy atom. The molecule has 1 amide bonds. The number of hydrogen-bond donors (Lipinski definition) is 1. The van der Waals surface area contributed by atoms with Crippen molar-refractivity contribution in [3.05, 3.63) is 80.3 Å². The fourth-order valence-electron chi connectivity index (χ4n) is 3.79. The number of halogens is 1. The Bertz CT molecular complexity index is 1090. The van der Waals surface area contributed by atoms with E-state index in [1.807, 2.05) is 31.2 Å². The van der Waals surface area contributed by atoms with Gasteiger partial charge in [0.25, 0.3) is 5.91 Å². The highest BCUT2D eigenvalue weighted by molar-refractivity contribution is 7.13. The Morgan fingerprint density at radius 3 is 2.85 bits per heavy atom. The second kappa shape index (κ2) is 11.1. The summed E-state index contributed by atoms with van der Waals surface area (Å²) in [6.45, 7) is 8.28. The van der Waals surface area contributed by atoms with Crippen LogP contribution in [0.1, 0.15) is 38.4 Å². The molecular formula is C25H28ClN3O3S. The lowest BCUT2D eigenvalue weighted by molar-refractivity contribution is -0.0212. The number of nitrogens with one attached hydrogen (secondary N) is 1. The minimum Gasteiger partial charge on any atom is -0.486 e. The Kier molecular flexibility index (Phi) is 7.98. The van der Waals surface area contributed by atoms with E-state index in [2.05, 4.69) is 34.3 Å². The molecule has 1 atom stereocenters. The predicted molar refractivity (Wildman–Crippen MR) is 131 cm³/mol. The zero-order valence-corrected chi connectivity index (χ0v) is 20.4. The summed E-state index contributed by atoms with van der Waals surface area (Å²) >= 11 is 7.26. The van der Waals surface area contributed by atoms with E-state index in [-0.39, 0.29) is 12.0 Å². The molecule has 1 N–H and O–H groups in total. The summed E-state index contributed by atoms with van der Waals surface area (Å²) in [7, 11) is 0. The molecule has 0 spiro atoms. The molecule has 1 fully saturated rings. The lowest BCUT2D eigenvalue weighted by Crippen LogP contribution is -2.40. The first-order chi connectivity index (χ1) is 16.0. The van der Waals surface area contributed by atoms with Crippen molar-refractivity contribution >= 4 is 28.8 Å². The van der Waals surface area contributed by atoms with Crippen LogP contribution < -0.4 is 10.1 Å². The highest BCUT2D eigenvalue weighted by Crippen LogP contribution is 2.22. The van der Waals surface area contributed by atoms with Crippen molar-refractivity contribution in [2.24, 2.45) is 0 Å². The normalized spacial score (nSPS) is 16.5. The summed E-state index contributed by atoms with van der Waals surface area (Å²) in [6.07, 6.45) is 0.269. The van der Waals surface area contributed by atoms with Crippen molar-refractivity contribution in [3.8, 4) is 5.75 Å². The van der Waals surface area contributed by atoms with Crippen LogP contribution in [0.3, 0.4) is 0 Å². The smallest absolute Gasteiger partial charge is 0.263 e. The molecule has 1 aromatic heterocycles. The number of thiazole rings is 1. The van der Waals surface area contributed by atoms with Crippen molar-refractivity contribution < 1.29 is 14.3 Å². The minimum atomic E-state index is -0.116. The molecule has 3 aromatic rings. The first-order valence-electron chi connectivity index (χ1n) is 11.0. The molecule has 1 saturated heterocycles. The van der Waals surface area contributed by atoms with Crippen LogP contribution in [0.25, 0.3) is 0 Å². The van der Waals surface area contributed by atoms with Crippen molar-refractivity contribution in [1.29, 1.82) is 0 Å². The fourth-order valence-corrected chi connectivity index (χ4v) is 4.81. The highest BCUT2D eigenvalue weighted by Gasteiger charge is 2.18. The number of morpholine rings is 1. The molecule has 0 bridgehead atoms. The number of amides is 1. The van der Waals surface area contributed by atoms with Crippen LogP contribution >= 0.6 is 22.9 Å². The maximum Gasteiger partial charge on any atom is 0.263 e. The molecule has 33 heavy (non-hydrogen) atoms. The molecule has 0 radical (unpaired) electrons. The van der Waals surface area contributed by atoms with E-state index in [4.69, 9.17) is 21.1 Å². The molecule has 4 rings (SSSR count). The second-order valence-electron chi connectivity index (χ2n) is 8.18. The third kappa shape index (κ3) is 6.77. The first-order valence-corrected chi connectivity index (χ1v) is 12.2. The van der Waals surface area contributed by atoms with Crippen LogP contribution in [0, 0.1) is 6.92 Å². The molecule has 6 nitrogen and oxygen atoms in total. The number of ether oxygens (including phenoxy) is 2. The van der Waals surface area contributed by atoms with Gasteiger partial charge in [-0.2, -0.15) is 0 Å². The number of aryl methyl sites for hydroxylation is 1. The summed E-state index contributed by atoms with van der Waals surface area (Å²) < 4.78 is 11.4. The van der Waals surface area contributed by atoms with Gasteiger partial charge in [0.05, 0.1) is 18.4 Å². The van der Waals surface area contributed by atoms with Crippen molar-refractivity contribution in [1.82, 2.24) is 15.2 Å². The van der Waals surface area contributed by atoms with Crippen LogP contribution in [-0.2, 0) is 24.4 Å². The van der Waals surface area contributed by atoms with Crippen LogP contribution in [0.2, 0.25) is 5.02 Å². The quantitative estimate of drug-likeness (QED) is 0.495. The number of hydrogen-bond acceptors (Lipinski definition) is 6. The van der Waals surface area contributed by atoms with Crippen LogP contribution in [0.15, 0.2) is 48.5 Å². The van der Waals surface area contributed by atoms with Gasteiger partial charge in [0.15, 0.2) is 0 Å². The number of carbonyl (C=O) groups excluding carboxylic acids is 1. The van der Waals surface area contributed by atoms with Gasteiger partial charge in [-0.25, -0.2) is 4.98 Å². The zero-order chi connectivity index (χ0) is 23.2. The van der Waals surface area contributed by atoms with E-state index in [1.54, 1.807) is 12.1 Å². The lowest BCUT2D eigenvalue weighted by atomic mass is 10.1. The van der Waals surface area contributed by atoms with Gasteiger partial charge in [-0.3, -0.25) is 9.69 Å². The largest absolute Gasteiger partial charge is 0.486 e. The van der Waals surface area contributed by atoms with Gasteiger partial charge >= 0.3 is 0 Å². The average Bonchev–Trinajstić information content (AvgIpc) is 3.18. The maximum absolute atomic E-state index is 12.8. The van der Waals surface area contributed by atoms with Gasteiger partial charge in [0.1, 0.15) is 22.2 Å². The van der Waals surface area contributed by atoms with E-state index in [1.165, 1.54) is 16.9 Å². The van der Waals surface area contributed by atoms with Gasteiger partial charge in [-0.05, 0) is 49.2 Å². The first kappa shape index (κ1) is 23.7. The van der Waals surface area contributed by atoms with Crippen LogP contribution in [0.4, 0.5) is 0 Å². The second-order valence-corrected chi connectivity index (χ2v) is 9.70. The monoisotopic (exact) mass is 485 g/mol. The summed E-state index contributed by atoms with van der Waals surface area (Å²) in [5.41, 5.74) is 3.03. The highest BCUT2D eigenvalue weighted by atomic mass is 35.5. The van der Waals surface area contributed by atoms with Gasteiger partial charge in [-0.15, -0.1) is 11.3 Å². The van der Waals surface area contributed by atoms with E-state index < -0.39 is 0 Å². The van der Waals surface area contributed by atoms with Crippen molar-refractivity contribution in [3.63, 3.8) is 0 Å². The van der Waals surface area contributed by atoms with Crippen LogP contribution in [0.5, 0.6) is 5.75 Å². The summed E-state index contributed by atoms with van der Waals surface area (Å²) in [5, 5.41) is 4.45. The van der Waals surface area contributed by atoms with Gasteiger partial charge in [-0.1, -0.05) is 35.9 Å². The predicted octanol–water partition coefficient (Wildman–Crippen LogP) is 4.83. The Morgan fingerprint density at radius 1 is 1.27 bits per heavy atom. The lowest BCUT2D eigenvalue weighted by Gasteiger charge is -2.31. The number of aromatic nitrogens is 1. The van der Waals surface area contributed by atoms with E-state index >= 15 is 0 Å². The topological polar surface area (TPSA) is 63.7 Å². The maximum atomic E-state index is 12.8. The third-order valence-electron chi connectivity index (χ3n) is 5.40. The Balaban J connectivity index is 1.31. The molecule has 1 aliphatic heterocycles. The molecule has 8 heteroatoms. The van der Waals surface area contributed by atoms with Crippen molar-refractivity contribution in [2.45, 2.75) is 39.6 Å². The number of rotatable bonds is 8. The molecule has 1 unspecified atom stereocenters. The SMILES string of the molecule is Cc1nc(COc2ccc(Cl)cc2)sc1C(=O)NCc1cccc(CN2CCOC(C)C2)c1. The number of benzene rings is 2. The Hall–Kier alpha value is -2.45. The van der Waals surface area contributed by atoms with Gasteiger partial charge in [0.2, 0.25) is 0 Å². The van der Waals surface area contributed by atoms with Gasteiger partial charge in [0, 0.05) is 31.2 Å². The molecule has 0 saturated carbocycles. The Labute approximate surface area is 203 Å². The molecule has 1 aliphatic rings. The molecule has 2 heterocycles. The molecular weight excluding hydrogens is 458 g/mol. The van der Waals surface area contributed by atoms with Crippen LogP contribution in [-0.4, -0.2) is 41.6 Å². The van der Waals surface area contributed by atoms with E-state index in [0.717, 1.165) is 36.8 Å². The number of nitrogens with zero attached hydrogens (tertiary/aromatic N) is 2. The summed E-state index contributed by atoms with van der Waals surface area (Å²) in [5.74, 6) is 0.597. The van der Waals surface area contributed by atoms with Gasteiger partial charge < -0.3 is 14.8 Å². The standard InChI is InChI=1S/C25H28ClN3O3S/c1-17-14-29(10-11-31-17)15-20-5-3-4-19(12-20)13-27-25(30)24-18(2)28-23(33-24)16-32-22-8-6-21(26)7-9-22/h3-9,12,17H,10-11,13-16H2,1-2H3,(H,27,30). The third-order valence-corrected chi connectivity index (χ3v) is 6.78. The van der Waals surface area contributed by atoms with E-state index in [0.29, 0.717) is 34.5 Å². The molecule has 174 valence electrons. The summed E-state index contributed by atoms with van der Waals surface area (Å²) in [4.78, 5) is 20.3. The molecule has 2 aromatic carbocycles. The minimum absolute atomic E-state index is 0.116. The van der Waals surface area contributed by atoms with E-state index in [9.17, 15) is 4.79 Å². The number of carbonyl (C=O) groups is 1. The summed E-state index contributed by atoms with van der Waals surface area (Å²) in [6, 6.07) is 15.5. The molecule has 0 aliphatic carbocycles. The van der Waals surface area contributed by atoms with Crippen molar-refractivity contribution in [2.75, 3.05) is 19.7 Å². The fraction of sp³-hybridized carbons (Fsp3) is 0.360. The zero-order valence-electron chi connectivity index (χ0n) is 18.8. The average molecular weight is 486 g/mol.